The van der Waals surface area contributed by atoms with Crippen LogP contribution in [-0.2, 0) is 6.54 Å². The Kier molecular flexibility index (Phi) is 6.10. The minimum absolute atomic E-state index is 0.245. The molecule has 1 aliphatic heterocycles. The zero-order valence-electron chi connectivity index (χ0n) is 17.1. The van der Waals surface area contributed by atoms with Crippen molar-refractivity contribution in [3.63, 3.8) is 0 Å². The van der Waals surface area contributed by atoms with Gasteiger partial charge in [-0.25, -0.2) is 4.39 Å². The zero-order chi connectivity index (χ0) is 20.9. The molecule has 5 heteroatoms. The SMILES string of the molecule is CC1CN(Cc2ccccc2)CCN1c1ccc(NC(=O)c2ccc(F)cc2)cc1. The first kappa shape index (κ1) is 20.1. The van der Waals surface area contributed by atoms with E-state index in [1.807, 2.05) is 24.3 Å². The highest BCUT2D eigenvalue weighted by molar-refractivity contribution is 6.04. The van der Waals surface area contributed by atoms with Gasteiger partial charge < -0.3 is 10.2 Å². The molecule has 1 saturated heterocycles. The molecule has 154 valence electrons. The van der Waals surface area contributed by atoms with Gasteiger partial charge in [-0.3, -0.25) is 9.69 Å². The van der Waals surface area contributed by atoms with Crippen molar-refractivity contribution < 1.29 is 9.18 Å². The van der Waals surface area contributed by atoms with Crippen LogP contribution in [0.4, 0.5) is 15.8 Å². The van der Waals surface area contributed by atoms with E-state index in [0.29, 0.717) is 11.6 Å². The summed E-state index contributed by atoms with van der Waals surface area (Å²) in [5.74, 6) is -0.598. The fourth-order valence-electron chi connectivity index (χ4n) is 3.94. The number of nitrogens with zero attached hydrogens (tertiary/aromatic N) is 2. The summed E-state index contributed by atoms with van der Waals surface area (Å²) >= 11 is 0. The van der Waals surface area contributed by atoms with Crippen LogP contribution in [0.5, 0.6) is 0 Å². The average Bonchev–Trinajstić information content (AvgIpc) is 2.76. The fourth-order valence-corrected chi connectivity index (χ4v) is 3.94. The maximum Gasteiger partial charge on any atom is 0.255 e. The van der Waals surface area contributed by atoms with Gasteiger partial charge in [0, 0.05) is 49.2 Å². The predicted octanol–water partition coefficient (Wildman–Crippen LogP) is 4.79. The average molecular weight is 404 g/mol. The van der Waals surface area contributed by atoms with Gasteiger partial charge in [-0.2, -0.15) is 0 Å². The number of anilines is 2. The third-order valence-corrected chi connectivity index (χ3v) is 5.52. The maximum absolute atomic E-state index is 13.0. The summed E-state index contributed by atoms with van der Waals surface area (Å²) in [6.07, 6.45) is 0. The molecule has 0 spiro atoms. The van der Waals surface area contributed by atoms with Gasteiger partial charge in [-0.1, -0.05) is 30.3 Å². The summed E-state index contributed by atoms with van der Waals surface area (Å²) in [6.45, 7) is 6.23. The van der Waals surface area contributed by atoms with Crippen LogP contribution >= 0.6 is 0 Å². The van der Waals surface area contributed by atoms with E-state index in [0.717, 1.165) is 37.6 Å². The molecule has 0 bridgehead atoms. The topological polar surface area (TPSA) is 35.6 Å². The number of hydrogen-bond acceptors (Lipinski definition) is 3. The number of carbonyl (C=O) groups excluding carboxylic acids is 1. The number of hydrogen-bond donors (Lipinski definition) is 1. The summed E-state index contributed by atoms with van der Waals surface area (Å²) in [4.78, 5) is 17.2. The second-order valence-electron chi connectivity index (χ2n) is 7.77. The van der Waals surface area contributed by atoms with Gasteiger partial charge in [0.25, 0.3) is 5.91 Å². The number of piperazine rings is 1. The highest BCUT2D eigenvalue weighted by atomic mass is 19.1. The minimum Gasteiger partial charge on any atom is -0.366 e. The molecule has 4 nitrogen and oxygen atoms in total. The van der Waals surface area contributed by atoms with Crippen LogP contribution in [0.2, 0.25) is 0 Å². The van der Waals surface area contributed by atoms with Crippen molar-refractivity contribution in [1.29, 1.82) is 0 Å². The van der Waals surface area contributed by atoms with Crippen molar-refractivity contribution in [2.24, 2.45) is 0 Å². The number of amides is 1. The lowest BCUT2D eigenvalue weighted by molar-refractivity contribution is 0.102. The highest BCUT2D eigenvalue weighted by Crippen LogP contribution is 2.23. The molecule has 1 fully saturated rings. The highest BCUT2D eigenvalue weighted by Gasteiger charge is 2.23. The molecule has 3 aromatic rings. The summed E-state index contributed by atoms with van der Waals surface area (Å²) in [6, 6.07) is 24.5. The first-order valence-corrected chi connectivity index (χ1v) is 10.3. The van der Waals surface area contributed by atoms with Crippen molar-refractivity contribution >= 4 is 17.3 Å². The second-order valence-corrected chi connectivity index (χ2v) is 7.77. The van der Waals surface area contributed by atoms with Crippen LogP contribution in [0.15, 0.2) is 78.9 Å². The number of carbonyl (C=O) groups is 1. The van der Waals surface area contributed by atoms with E-state index >= 15 is 0 Å². The molecule has 4 rings (SSSR count). The van der Waals surface area contributed by atoms with Gasteiger partial charge in [0.15, 0.2) is 0 Å². The van der Waals surface area contributed by atoms with Crippen LogP contribution in [0.25, 0.3) is 0 Å². The van der Waals surface area contributed by atoms with Gasteiger partial charge in [0.05, 0.1) is 0 Å². The molecule has 1 aliphatic rings. The van der Waals surface area contributed by atoms with E-state index in [1.165, 1.54) is 29.8 Å². The van der Waals surface area contributed by atoms with Gasteiger partial charge in [-0.05, 0) is 61.0 Å². The molecular weight excluding hydrogens is 377 g/mol. The standard InChI is InChI=1S/C25H26FN3O/c1-19-17-28(18-20-5-3-2-4-6-20)15-16-29(19)24-13-11-23(12-14-24)27-25(30)21-7-9-22(26)10-8-21/h2-14,19H,15-18H2,1H3,(H,27,30). The van der Waals surface area contributed by atoms with E-state index in [1.54, 1.807) is 0 Å². The van der Waals surface area contributed by atoms with E-state index in [2.05, 4.69) is 52.4 Å². The van der Waals surface area contributed by atoms with Gasteiger partial charge in [-0.15, -0.1) is 0 Å². The van der Waals surface area contributed by atoms with Crippen molar-refractivity contribution in [2.75, 3.05) is 29.9 Å². The van der Waals surface area contributed by atoms with E-state index in [-0.39, 0.29) is 11.7 Å². The van der Waals surface area contributed by atoms with E-state index in [9.17, 15) is 9.18 Å². The molecule has 1 heterocycles. The fraction of sp³-hybridized carbons (Fsp3) is 0.240. The first-order valence-electron chi connectivity index (χ1n) is 10.3. The number of halogens is 1. The quantitative estimate of drug-likeness (QED) is 0.665. The van der Waals surface area contributed by atoms with Crippen LogP contribution in [0.3, 0.4) is 0 Å². The molecular formula is C25H26FN3O. The molecule has 1 amide bonds. The molecule has 0 saturated carbocycles. The lowest BCUT2D eigenvalue weighted by Crippen LogP contribution is -2.51. The lowest BCUT2D eigenvalue weighted by Gasteiger charge is -2.41. The van der Waals surface area contributed by atoms with Gasteiger partial charge in [0.2, 0.25) is 0 Å². The van der Waals surface area contributed by atoms with E-state index in [4.69, 9.17) is 0 Å². The van der Waals surface area contributed by atoms with Crippen LogP contribution < -0.4 is 10.2 Å². The molecule has 0 radical (unpaired) electrons. The Hall–Kier alpha value is -3.18. The Balaban J connectivity index is 1.35. The Morgan fingerprint density at radius 3 is 2.33 bits per heavy atom. The van der Waals surface area contributed by atoms with Crippen LogP contribution in [0, 0.1) is 5.82 Å². The van der Waals surface area contributed by atoms with Crippen molar-refractivity contribution in [1.82, 2.24) is 4.90 Å². The lowest BCUT2D eigenvalue weighted by atomic mass is 10.1. The van der Waals surface area contributed by atoms with Crippen molar-refractivity contribution in [3.05, 3.63) is 95.8 Å². The Morgan fingerprint density at radius 1 is 0.967 bits per heavy atom. The molecule has 0 aliphatic carbocycles. The second kappa shape index (κ2) is 9.09. The molecule has 1 unspecified atom stereocenters. The summed E-state index contributed by atoms with van der Waals surface area (Å²) in [5.41, 5.74) is 3.66. The monoisotopic (exact) mass is 403 g/mol. The smallest absolute Gasteiger partial charge is 0.255 e. The molecule has 1 N–H and O–H groups in total. The van der Waals surface area contributed by atoms with Gasteiger partial charge in [0.1, 0.15) is 5.82 Å². The third kappa shape index (κ3) is 4.86. The Labute approximate surface area is 176 Å². The normalized spacial score (nSPS) is 17.0. The van der Waals surface area contributed by atoms with Crippen LogP contribution in [-0.4, -0.2) is 36.5 Å². The van der Waals surface area contributed by atoms with Crippen molar-refractivity contribution in [2.45, 2.75) is 19.5 Å². The summed E-state index contributed by atoms with van der Waals surface area (Å²) < 4.78 is 13.0. The number of benzene rings is 3. The molecule has 0 aromatic heterocycles. The maximum atomic E-state index is 13.0. The molecule has 1 atom stereocenters. The first-order chi connectivity index (χ1) is 14.6. The van der Waals surface area contributed by atoms with Crippen LogP contribution in [0.1, 0.15) is 22.8 Å². The summed E-state index contributed by atoms with van der Waals surface area (Å²) in [7, 11) is 0. The number of nitrogens with one attached hydrogen (secondary N) is 1. The Bertz CT molecular complexity index is 974. The summed E-state index contributed by atoms with van der Waals surface area (Å²) in [5, 5.41) is 2.87. The van der Waals surface area contributed by atoms with Gasteiger partial charge >= 0.3 is 0 Å². The van der Waals surface area contributed by atoms with Crippen molar-refractivity contribution in [3.8, 4) is 0 Å². The number of rotatable bonds is 5. The Morgan fingerprint density at radius 2 is 1.67 bits per heavy atom. The minimum atomic E-state index is -0.353. The van der Waals surface area contributed by atoms with E-state index < -0.39 is 0 Å². The largest absolute Gasteiger partial charge is 0.366 e. The third-order valence-electron chi connectivity index (χ3n) is 5.52. The molecule has 30 heavy (non-hydrogen) atoms. The molecule has 3 aromatic carbocycles. The zero-order valence-corrected chi connectivity index (χ0v) is 17.1. The predicted molar refractivity (Wildman–Crippen MR) is 119 cm³/mol.